The molecule has 0 radical (unpaired) electrons. The highest BCUT2D eigenvalue weighted by molar-refractivity contribution is 6.75. The zero-order chi connectivity index (χ0) is 48.9. The van der Waals surface area contributed by atoms with Gasteiger partial charge in [-0.05, 0) is 105 Å². The molecule has 2 aliphatic rings. The number of benzene rings is 2. The second-order valence-electron chi connectivity index (χ2n) is 20.2. The number of methoxy groups -OCH3 is 3. The first kappa shape index (κ1) is 56.3. The van der Waals surface area contributed by atoms with Crippen molar-refractivity contribution in [3.63, 3.8) is 0 Å². The fourth-order valence-electron chi connectivity index (χ4n) is 10.8. The Kier molecular flexibility index (Phi) is 22.3. The van der Waals surface area contributed by atoms with Crippen molar-refractivity contribution in [1.29, 1.82) is 0 Å². The Labute approximate surface area is 403 Å². The quantitative estimate of drug-likeness (QED) is 0.0462. The number of ether oxygens (including phenoxy) is 7. The van der Waals surface area contributed by atoms with Crippen LogP contribution in [0.25, 0.3) is 0 Å². The van der Waals surface area contributed by atoms with Gasteiger partial charge < -0.3 is 47.1 Å². The number of hydrogen-bond acceptors (Lipinski definition) is 10. The van der Waals surface area contributed by atoms with Crippen LogP contribution in [0.3, 0.4) is 0 Å². The van der Waals surface area contributed by atoms with Crippen molar-refractivity contribution >= 4 is 16.6 Å². The highest BCUT2D eigenvalue weighted by atomic mass is 28.4. The Morgan fingerprint density at radius 2 is 1.29 bits per heavy atom. The highest BCUT2D eigenvalue weighted by Gasteiger charge is 2.54. The van der Waals surface area contributed by atoms with Crippen LogP contribution in [0.15, 0.2) is 54.6 Å². The van der Waals surface area contributed by atoms with Crippen LogP contribution >= 0.6 is 0 Å². The lowest BCUT2D eigenvalue weighted by Gasteiger charge is -2.50. The van der Waals surface area contributed by atoms with E-state index in [9.17, 15) is 5.11 Å². The second-order valence-corrected chi connectivity index (χ2v) is 29.8. The summed E-state index contributed by atoms with van der Waals surface area (Å²) in [6.07, 6.45) is 1.03. The van der Waals surface area contributed by atoms with Gasteiger partial charge in [0.05, 0.1) is 64.6 Å². The molecule has 13 atom stereocenters. The van der Waals surface area contributed by atoms with Gasteiger partial charge in [-0.3, -0.25) is 0 Å². The van der Waals surface area contributed by atoms with Gasteiger partial charge in [-0.15, -0.1) is 6.58 Å². The lowest BCUT2D eigenvalue weighted by Crippen LogP contribution is -2.55. The molecular weight excluding hydrogens is 865 g/mol. The van der Waals surface area contributed by atoms with Crippen LogP contribution in [-0.4, -0.2) is 91.9 Å². The maximum atomic E-state index is 11.7. The van der Waals surface area contributed by atoms with E-state index < -0.39 is 29.0 Å². The molecule has 4 rings (SSSR count). The fourth-order valence-corrected chi connectivity index (χ4v) is 17.5. The largest absolute Gasteiger partial charge is 0.497 e. The number of rotatable bonds is 30. The lowest BCUT2D eigenvalue weighted by molar-refractivity contribution is -0.298. The van der Waals surface area contributed by atoms with E-state index in [-0.39, 0.29) is 66.4 Å². The highest BCUT2D eigenvalue weighted by Crippen LogP contribution is 2.46. The van der Waals surface area contributed by atoms with Gasteiger partial charge in [0, 0.05) is 35.3 Å². The van der Waals surface area contributed by atoms with Crippen molar-refractivity contribution in [2.45, 2.75) is 213 Å². The predicted molar refractivity (Wildman–Crippen MR) is 273 cm³/mol. The zero-order valence-corrected chi connectivity index (χ0v) is 46.0. The summed E-state index contributed by atoms with van der Waals surface area (Å²) < 4.78 is 58.5. The standard InChI is InChI=1S/C54H92O10Si2/c1-18-65(19-2,20-3)64-51(40(13)52-53(60-52)46(55)25-23-24-45(32-35(6)7)59-34-42-26-31-47(57-16)48(33-42)58-17)39(12)50-38(11)49(37(10)41(14)63-66(21-4,22-5)36(8)9)61-54(62-50)43-27-29-44(56-15)30-28-43/h26-31,33,36-41,45-46,49-55H,6,18-25,32,34H2,1-5,7-17H3/t37-,38+,39-,40+,41-,45+,46-,49-,50-,51+,52-,53-,54-/m0/s1. The first-order chi connectivity index (χ1) is 31.4. The van der Waals surface area contributed by atoms with Crippen molar-refractivity contribution in [1.82, 2.24) is 0 Å². The molecule has 0 aliphatic carbocycles. The molecule has 0 amide bonds. The van der Waals surface area contributed by atoms with Crippen LogP contribution in [0.5, 0.6) is 17.2 Å². The second kappa shape index (κ2) is 26.1. The molecule has 376 valence electrons. The summed E-state index contributed by atoms with van der Waals surface area (Å²) in [4.78, 5) is 0. The van der Waals surface area contributed by atoms with E-state index in [1.54, 1.807) is 21.3 Å². The van der Waals surface area contributed by atoms with E-state index in [1.165, 1.54) is 0 Å². The van der Waals surface area contributed by atoms with Gasteiger partial charge in [-0.25, -0.2) is 0 Å². The molecule has 2 fully saturated rings. The van der Waals surface area contributed by atoms with E-state index in [0.717, 1.165) is 71.9 Å². The number of hydrogen-bond donors (Lipinski definition) is 1. The maximum Gasteiger partial charge on any atom is 0.195 e. The summed E-state index contributed by atoms with van der Waals surface area (Å²) in [5.74, 6) is 2.37. The summed E-state index contributed by atoms with van der Waals surface area (Å²) in [5, 5.41) is 11.7. The molecule has 2 saturated heterocycles. The van der Waals surface area contributed by atoms with Crippen molar-refractivity contribution in [3.05, 3.63) is 65.7 Å². The van der Waals surface area contributed by atoms with Gasteiger partial charge in [0.25, 0.3) is 0 Å². The van der Waals surface area contributed by atoms with Crippen LogP contribution in [0.4, 0.5) is 0 Å². The smallest absolute Gasteiger partial charge is 0.195 e. The maximum absolute atomic E-state index is 11.7. The average molecular weight is 957 g/mol. The Hall–Kier alpha value is -2.27. The molecule has 12 heteroatoms. The molecule has 0 bridgehead atoms. The topological polar surface area (TPSA) is 107 Å². The normalized spacial score (nSPS) is 24.5. The molecule has 2 heterocycles. The molecule has 2 aliphatic heterocycles. The first-order valence-electron chi connectivity index (χ1n) is 25.5. The van der Waals surface area contributed by atoms with E-state index in [4.69, 9.17) is 42.0 Å². The summed E-state index contributed by atoms with van der Waals surface area (Å²) in [6.45, 7) is 34.3. The summed E-state index contributed by atoms with van der Waals surface area (Å²) in [7, 11) is 0.888. The number of aliphatic hydroxyl groups excluding tert-OH is 1. The van der Waals surface area contributed by atoms with E-state index in [2.05, 4.69) is 102 Å². The molecule has 10 nitrogen and oxygen atoms in total. The van der Waals surface area contributed by atoms with E-state index >= 15 is 0 Å². The van der Waals surface area contributed by atoms with Crippen LogP contribution in [0.1, 0.15) is 133 Å². The van der Waals surface area contributed by atoms with Gasteiger partial charge >= 0.3 is 0 Å². The molecular formula is C54H92O10Si2. The van der Waals surface area contributed by atoms with E-state index in [1.807, 2.05) is 37.3 Å². The summed E-state index contributed by atoms with van der Waals surface area (Å²) in [6, 6.07) is 19.2. The lowest BCUT2D eigenvalue weighted by atomic mass is 9.77. The Morgan fingerprint density at radius 1 is 0.697 bits per heavy atom. The molecule has 66 heavy (non-hydrogen) atoms. The third-order valence-corrected chi connectivity index (χ3v) is 25.8. The number of aliphatic hydroxyl groups is 1. The first-order valence-corrected chi connectivity index (χ1v) is 30.4. The summed E-state index contributed by atoms with van der Waals surface area (Å²) in [5.41, 5.74) is 3.57. The van der Waals surface area contributed by atoms with Gasteiger partial charge in [-0.2, -0.15) is 0 Å². The minimum atomic E-state index is -2.11. The average Bonchev–Trinajstić information content (AvgIpc) is 4.14. The summed E-state index contributed by atoms with van der Waals surface area (Å²) >= 11 is 0. The molecule has 0 spiro atoms. The van der Waals surface area contributed by atoms with Gasteiger partial charge in [0.15, 0.2) is 34.4 Å². The third-order valence-electron chi connectivity index (χ3n) is 15.8. The minimum Gasteiger partial charge on any atom is -0.497 e. The minimum absolute atomic E-state index is 0.00484. The van der Waals surface area contributed by atoms with Gasteiger partial charge in [0.2, 0.25) is 0 Å². The van der Waals surface area contributed by atoms with E-state index in [0.29, 0.717) is 30.1 Å². The molecule has 0 unspecified atom stereocenters. The van der Waals surface area contributed by atoms with Crippen LogP contribution < -0.4 is 14.2 Å². The molecule has 0 saturated carbocycles. The Balaban J connectivity index is 1.55. The Morgan fingerprint density at radius 3 is 1.82 bits per heavy atom. The third kappa shape index (κ3) is 14.2. The van der Waals surface area contributed by atoms with Gasteiger partial charge in [-0.1, -0.05) is 99.9 Å². The van der Waals surface area contributed by atoms with Crippen molar-refractivity contribution < 1.29 is 47.1 Å². The van der Waals surface area contributed by atoms with Crippen LogP contribution in [0.2, 0.25) is 35.8 Å². The van der Waals surface area contributed by atoms with Crippen LogP contribution in [0, 0.1) is 23.7 Å². The Bertz CT molecular complexity index is 1730. The van der Waals surface area contributed by atoms with Crippen LogP contribution in [-0.2, 0) is 34.4 Å². The SMILES string of the molecule is C=C(C)C[C@@H](CCC[C@H](O)[C@@H]1O[C@H]1[C@H](C)[C@H](O[Si](CC)(CC)CC)[C@@H](C)[C@H]1O[C@@H](c2ccc(OC)cc2)O[C@@H]([C@@H](C)[C@H](C)O[Si](CC)(CC)C(C)C)[C@H]1C)OCc1ccc(OC)c(OC)c1. The molecule has 2 aromatic rings. The fraction of sp³-hybridized carbons (Fsp3) is 0.741. The molecule has 2 aromatic carbocycles. The van der Waals surface area contributed by atoms with Crippen molar-refractivity contribution in [2.75, 3.05) is 21.3 Å². The molecule has 1 N–H and O–H groups in total. The van der Waals surface area contributed by atoms with Crippen molar-refractivity contribution in [3.8, 4) is 17.2 Å². The predicted octanol–water partition coefficient (Wildman–Crippen LogP) is 13.1. The zero-order valence-electron chi connectivity index (χ0n) is 44.0. The molecule has 0 aromatic heterocycles. The monoisotopic (exact) mass is 957 g/mol. The van der Waals surface area contributed by atoms with Gasteiger partial charge in [0.1, 0.15) is 11.9 Å². The number of epoxide rings is 1. The van der Waals surface area contributed by atoms with Crippen molar-refractivity contribution in [2.24, 2.45) is 23.7 Å².